The zero-order valence-corrected chi connectivity index (χ0v) is 66.5. The Hall–Kier alpha value is -3.97. The number of aryl methyl sites for hydroxylation is 2. The Bertz CT molecular complexity index is 3360. The number of carboxylic acid groups (broad SMARTS) is 1. The van der Waals surface area contributed by atoms with E-state index in [1.165, 1.54) is 141 Å². The quantitative estimate of drug-likeness (QED) is 0.0243. The van der Waals surface area contributed by atoms with E-state index >= 15 is 0 Å². The average molecular weight is 1450 g/mol. The Labute approximate surface area is 626 Å². The molecule has 0 aliphatic heterocycles. The van der Waals surface area contributed by atoms with Gasteiger partial charge in [0, 0.05) is 30.6 Å². The van der Waals surface area contributed by atoms with Crippen LogP contribution in [-0.4, -0.2) is 72.9 Å². The Kier molecular flexibility index (Phi) is 24.5. The molecule has 15 nitrogen and oxygen atoms in total. The van der Waals surface area contributed by atoms with Crippen molar-refractivity contribution in [2.24, 2.45) is 144 Å². The lowest BCUT2D eigenvalue weighted by atomic mass is 9.44. The summed E-state index contributed by atoms with van der Waals surface area (Å²) in [6.45, 7) is 24.8. The van der Waals surface area contributed by atoms with Gasteiger partial charge < -0.3 is 29.5 Å². The molecule has 104 heavy (non-hydrogen) atoms. The van der Waals surface area contributed by atoms with E-state index in [0.717, 1.165) is 171 Å². The van der Waals surface area contributed by atoms with Gasteiger partial charge in [-0.25, -0.2) is 4.57 Å². The predicted octanol–water partition coefficient (Wildman–Crippen LogP) is 21.8. The van der Waals surface area contributed by atoms with Crippen molar-refractivity contribution in [1.29, 1.82) is 0 Å². The SMILES string of the molecule is C[C@H](CCCOP(=O)(Oc1ccccc1)Oc1ccccc1)C1CC[C@H]2C3CC[C@@H]4C[C@H](O)CC[C@]4(C)C3CC[C@]12C.C[C@H](CCCn1cc(CCC(=O)O)nn1)C1CC[C@H]2C3CC[C@@H]4C[C@H](O)CC[C@]4(C)C3CC[C@]12C.C[C@H](CCN=[N+]=[N-])C1CC[C@H]2C3CC[C@@H]4C[C@H](O)CC[C@]4(C)C3CC[C@]12C. The third-order valence-corrected chi connectivity index (χ3v) is 35.5. The van der Waals surface area contributed by atoms with Crippen molar-refractivity contribution in [3.8, 4) is 11.5 Å². The van der Waals surface area contributed by atoms with Gasteiger partial charge in [0.15, 0.2) is 0 Å². The average Bonchev–Trinajstić information content (AvgIpc) is 1.40. The zero-order valence-electron chi connectivity index (χ0n) is 65.6. The smallest absolute Gasteiger partial charge is 0.481 e. The minimum atomic E-state index is -3.84. The van der Waals surface area contributed by atoms with Crippen LogP contribution in [0.15, 0.2) is 72.0 Å². The van der Waals surface area contributed by atoms with E-state index in [-0.39, 0.29) is 24.7 Å². The molecule has 0 bridgehead atoms. The van der Waals surface area contributed by atoms with Crippen molar-refractivity contribution in [3.05, 3.63) is 83.0 Å². The molecular weight excluding hydrogens is 1320 g/mol. The van der Waals surface area contributed by atoms with Gasteiger partial charge in [0.1, 0.15) is 11.5 Å². The molecule has 12 saturated carbocycles. The molecule has 9 unspecified atom stereocenters. The summed E-state index contributed by atoms with van der Waals surface area (Å²) in [5.74, 6) is 14.6. The standard InChI is InChI=1S/C36H51O5P.C29H47N3O3.C23H39N3O/c1-26(11-10-24-39-42(38,40-29-12-6-4-7-13-29)41-30-14-8-5-9-15-30)32-18-19-33-31-17-16-27-25-28(37)20-22-35(27,2)34(31)21-23-36(32,33)3;1-19(5-4-16-32-18-21(30-31-32)7-11-27(34)35)24-9-10-25-23-8-6-20-17-22(33)12-14-28(20,2)26(23)13-15-29(24,25)3;1-15(10-13-25-26-24)19-6-7-20-18-5-4-16-14-17(27)8-11-22(16,2)21(18)9-12-23(19,20)3/h4-9,12-15,26-28,31-34,37H,10-11,16-25H2,1-3H3;18-20,22-26,33H,4-17H2,1-3H3,(H,34,35);15-21,27H,4-14H2,1-3H3/t26-,27-,28-,31?,32?,33+,34?,35+,36-;19-,20-,22-,23?,24?,25+,26?,28+,29-;15-,16-,17-,18?,19?,20+,21?,22+,23-/m111/s1. The molecule has 0 spiro atoms. The Balaban J connectivity index is 0.000000142. The van der Waals surface area contributed by atoms with Crippen molar-refractivity contribution < 1.29 is 43.4 Å². The number of benzene rings is 2. The number of phosphoric acid groups is 1. The molecule has 16 heteroatoms. The maximum atomic E-state index is 13.7. The molecule has 3 aromatic rings. The van der Waals surface area contributed by atoms with E-state index in [2.05, 4.69) is 82.7 Å². The van der Waals surface area contributed by atoms with E-state index in [1.807, 2.05) is 47.3 Å². The number of aliphatic hydroxyl groups excluding tert-OH is 3. The number of hydrogen-bond acceptors (Lipinski definition) is 11. The highest BCUT2D eigenvalue weighted by molar-refractivity contribution is 7.49. The monoisotopic (exact) mass is 1450 g/mol. The number of hydrogen-bond donors (Lipinski definition) is 4. The van der Waals surface area contributed by atoms with Crippen LogP contribution in [0.5, 0.6) is 11.5 Å². The lowest BCUT2D eigenvalue weighted by Gasteiger charge is -2.61. The van der Waals surface area contributed by atoms with Crippen LogP contribution in [-0.2, 0) is 26.8 Å². The van der Waals surface area contributed by atoms with E-state index in [0.29, 0.717) is 75.4 Å². The second kappa shape index (κ2) is 32.5. The number of fused-ring (bicyclic) bond motifs is 15. The third-order valence-electron chi connectivity index (χ3n) is 34.1. The number of carboxylic acids is 1. The van der Waals surface area contributed by atoms with Crippen molar-refractivity contribution >= 4 is 13.8 Å². The second-order valence-electron chi connectivity index (χ2n) is 38.9. The number of phosphoric ester groups is 1. The molecule has 0 saturated heterocycles. The van der Waals surface area contributed by atoms with Gasteiger partial charge in [-0.2, -0.15) is 0 Å². The van der Waals surface area contributed by atoms with Crippen LogP contribution in [0.2, 0.25) is 0 Å². The molecule has 2 aromatic carbocycles. The molecule has 12 aliphatic rings. The number of carbonyl (C=O) groups is 1. The first-order valence-corrected chi connectivity index (χ1v) is 44.2. The fourth-order valence-electron chi connectivity index (χ4n) is 28.8. The topological polar surface area (TPSA) is 222 Å². The normalized spacial score (nSPS) is 41.8. The number of aliphatic hydroxyl groups is 3. The van der Waals surface area contributed by atoms with E-state index in [4.69, 9.17) is 24.2 Å². The van der Waals surface area contributed by atoms with Gasteiger partial charge in [0.2, 0.25) is 0 Å². The van der Waals surface area contributed by atoms with Gasteiger partial charge in [-0.1, -0.05) is 109 Å². The summed E-state index contributed by atoms with van der Waals surface area (Å²) in [6.07, 6.45) is 42.2. The van der Waals surface area contributed by atoms with Crippen molar-refractivity contribution in [3.63, 3.8) is 0 Å². The predicted molar refractivity (Wildman–Crippen MR) is 412 cm³/mol. The fraction of sp³-hybridized carbons (Fsp3) is 0.830. The number of rotatable bonds is 22. The molecule has 578 valence electrons. The summed E-state index contributed by atoms with van der Waals surface area (Å²) in [5.41, 5.74) is 12.2. The number of para-hydroxylation sites is 2. The minimum absolute atomic E-state index is 0.0405. The Morgan fingerprint density at radius 3 is 1.33 bits per heavy atom. The Morgan fingerprint density at radius 1 is 0.538 bits per heavy atom. The van der Waals surface area contributed by atoms with Gasteiger partial charge in [-0.05, 0) is 374 Å². The molecule has 27 atom stereocenters. The van der Waals surface area contributed by atoms with E-state index in [1.54, 1.807) is 24.3 Å². The van der Waals surface area contributed by atoms with Gasteiger partial charge in [0.05, 0.1) is 37.0 Å². The molecular formula is C88H137N6O9P. The lowest BCUT2D eigenvalue weighted by Crippen LogP contribution is -2.54. The summed E-state index contributed by atoms with van der Waals surface area (Å²) < 4.78 is 33.1. The van der Waals surface area contributed by atoms with Gasteiger partial charge in [0.25, 0.3) is 0 Å². The lowest BCUT2D eigenvalue weighted by molar-refractivity contribution is -0.137. The highest BCUT2D eigenvalue weighted by atomic mass is 31.2. The summed E-state index contributed by atoms with van der Waals surface area (Å²) in [7, 11) is -3.84. The first kappa shape index (κ1) is 78.2. The van der Waals surface area contributed by atoms with E-state index in [9.17, 15) is 24.7 Å². The summed E-state index contributed by atoms with van der Waals surface area (Å²) in [4.78, 5) is 13.7. The second-order valence-corrected chi connectivity index (χ2v) is 40.4. The highest BCUT2D eigenvalue weighted by Gasteiger charge is 2.64. The van der Waals surface area contributed by atoms with Gasteiger partial charge in [-0.15, -0.1) is 5.10 Å². The van der Waals surface area contributed by atoms with Crippen molar-refractivity contribution in [2.45, 2.75) is 305 Å². The van der Waals surface area contributed by atoms with Crippen LogP contribution in [0.3, 0.4) is 0 Å². The van der Waals surface area contributed by atoms with Crippen LogP contribution < -0.4 is 9.05 Å². The summed E-state index contributed by atoms with van der Waals surface area (Å²) >= 11 is 0. The highest BCUT2D eigenvalue weighted by Crippen LogP contribution is 2.72. The first-order chi connectivity index (χ1) is 49.8. The zero-order chi connectivity index (χ0) is 73.4. The van der Waals surface area contributed by atoms with Gasteiger partial charge >= 0.3 is 13.8 Å². The van der Waals surface area contributed by atoms with Crippen LogP contribution in [0.4, 0.5) is 0 Å². The van der Waals surface area contributed by atoms with Crippen molar-refractivity contribution in [1.82, 2.24) is 15.0 Å². The molecule has 1 heterocycles. The number of nitrogens with zero attached hydrogens (tertiary/aromatic N) is 6. The molecule has 1 aromatic heterocycles. The molecule has 0 amide bonds. The molecule has 12 aliphatic carbocycles. The van der Waals surface area contributed by atoms with Crippen LogP contribution >= 0.6 is 7.82 Å². The van der Waals surface area contributed by atoms with Gasteiger partial charge in [-0.3, -0.25) is 14.0 Å². The first-order valence-electron chi connectivity index (χ1n) is 42.7. The van der Waals surface area contributed by atoms with Crippen LogP contribution in [0.1, 0.15) is 280 Å². The molecule has 15 rings (SSSR count). The Morgan fingerprint density at radius 2 is 0.923 bits per heavy atom. The molecule has 12 fully saturated rings. The van der Waals surface area contributed by atoms with Crippen molar-refractivity contribution in [2.75, 3.05) is 13.2 Å². The third kappa shape index (κ3) is 15.9. The van der Waals surface area contributed by atoms with Crippen LogP contribution in [0.25, 0.3) is 10.4 Å². The maximum Gasteiger partial charge on any atom is 0.587 e. The number of azide groups is 1. The number of aromatic nitrogens is 3. The van der Waals surface area contributed by atoms with E-state index < -0.39 is 13.8 Å². The summed E-state index contributed by atoms with van der Waals surface area (Å²) in [5, 5.41) is 51.9. The largest absolute Gasteiger partial charge is 0.587 e. The molecule has 4 N–H and O–H groups in total. The summed E-state index contributed by atoms with van der Waals surface area (Å²) in [6, 6.07) is 18.2. The molecule has 0 radical (unpaired) electrons. The maximum absolute atomic E-state index is 13.7. The van der Waals surface area contributed by atoms with Crippen LogP contribution in [0, 0.1) is 139 Å². The fourth-order valence-corrected chi connectivity index (χ4v) is 30.0. The number of aliphatic carboxylic acids is 1. The minimum Gasteiger partial charge on any atom is -0.481 e.